The van der Waals surface area contributed by atoms with Gasteiger partial charge in [0.15, 0.2) is 5.96 Å². The fraction of sp³-hybridized carbons (Fsp3) is 0.875. The van der Waals surface area contributed by atoms with Crippen LogP contribution in [0, 0.1) is 5.92 Å². The molecule has 0 bridgehead atoms. The summed E-state index contributed by atoms with van der Waals surface area (Å²) in [4.78, 5) is 34.9. The molecule has 24 heteroatoms. The zero-order valence-corrected chi connectivity index (χ0v) is 37.9. The molecule has 0 fully saturated rings. The minimum absolute atomic E-state index is 0.183. The van der Waals surface area contributed by atoms with E-state index in [9.17, 15) is 24.9 Å². The third kappa shape index (κ3) is 31.9. The number of carboxylic acid groups (broad SMARTS) is 1. The number of carbonyl (C=O) groups excluding carboxylic acids is 1. The Morgan fingerprint density at radius 3 is 1.55 bits per heavy atom. The second-order valence-corrected chi connectivity index (χ2v) is 14.0. The number of aliphatic imine (C=N–C) groups is 1. The Kier molecular flexibility index (Phi) is 38.4. The molecule has 0 aliphatic carbocycles. The van der Waals surface area contributed by atoms with Gasteiger partial charge in [-0.2, -0.15) is 0 Å². The van der Waals surface area contributed by atoms with Crippen molar-refractivity contribution in [2.24, 2.45) is 28.3 Å². The van der Waals surface area contributed by atoms with Crippen molar-refractivity contribution in [2.75, 3.05) is 178 Å². The number of nitrogens with two attached hydrogens (primary N) is 3. The van der Waals surface area contributed by atoms with Gasteiger partial charge in [0.25, 0.3) is 0 Å². The number of rotatable bonds is 46. The number of carboxylic acids is 1. The summed E-state index contributed by atoms with van der Waals surface area (Å²) in [6.07, 6.45) is -1.71. The van der Waals surface area contributed by atoms with E-state index in [4.69, 9.17) is 74.2 Å². The summed E-state index contributed by atoms with van der Waals surface area (Å²) in [5, 5.41) is 32.4. The fourth-order valence-electron chi connectivity index (χ4n) is 5.64. The Labute approximate surface area is 377 Å². The van der Waals surface area contributed by atoms with Crippen molar-refractivity contribution >= 4 is 17.8 Å². The summed E-state index contributed by atoms with van der Waals surface area (Å²) >= 11 is 0. The topological polar surface area (TPSA) is 321 Å². The van der Waals surface area contributed by atoms with E-state index >= 15 is 0 Å². The number of aliphatic carboxylic acids is 1. The lowest BCUT2D eigenvalue weighted by atomic mass is 9.87. The molecule has 5 atom stereocenters. The molecule has 0 aromatic heterocycles. The number of carbonyl (C=O) groups is 2. The molecule has 1 amide bonds. The highest BCUT2D eigenvalue weighted by atomic mass is 16.6. The van der Waals surface area contributed by atoms with E-state index in [1.54, 1.807) is 6.92 Å². The highest BCUT2D eigenvalue weighted by molar-refractivity contribution is 5.85. The van der Waals surface area contributed by atoms with Crippen molar-refractivity contribution in [1.82, 2.24) is 10.2 Å². The molecule has 0 saturated carbocycles. The van der Waals surface area contributed by atoms with Crippen molar-refractivity contribution in [3.63, 3.8) is 0 Å². The lowest BCUT2D eigenvalue weighted by molar-refractivity contribution is -0.160. The zero-order valence-electron chi connectivity index (χ0n) is 37.9. The van der Waals surface area contributed by atoms with Gasteiger partial charge in [0.2, 0.25) is 11.7 Å². The van der Waals surface area contributed by atoms with Gasteiger partial charge >= 0.3 is 5.97 Å². The average Bonchev–Trinajstić information content (AvgIpc) is 3.27. The van der Waals surface area contributed by atoms with E-state index in [1.165, 1.54) is 6.08 Å². The third-order valence-corrected chi connectivity index (χ3v) is 8.97. The quantitative estimate of drug-likeness (QED) is 0.0141. The van der Waals surface area contributed by atoms with Gasteiger partial charge in [-0.25, -0.2) is 15.7 Å². The Balaban J connectivity index is 2.15. The van der Waals surface area contributed by atoms with Gasteiger partial charge in [-0.05, 0) is 12.5 Å². The normalized spacial score (nSPS) is 17.2. The Morgan fingerprint density at radius 2 is 1.14 bits per heavy atom. The van der Waals surface area contributed by atoms with Crippen LogP contribution < -0.4 is 22.7 Å². The number of nitrogens with zero attached hydrogens (tertiary/aromatic N) is 2. The summed E-state index contributed by atoms with van der Waals surface area (Å²) in [6, 6.07) is -0.810. The van der Waals surface area contributed by atoms with E-state index in [0.717, 1.165) is 6.42 Å². The van der Waals surface area contributed by atoms with Crippen LogP contribution in [0.25, 0.3) is 0 Å². The summed E-state index contributed by atoms with van der Waals surface area (Å²) in [5.41, 5.74) is 11.0. The molecule has 10 N–H and O–H groups in total. The van der Waals surface area contributed by atoms with Gasteiger partial charge < -0.3 is 93.8 Å². The van der Waals surface area contributed by atoms with E-state index in [2.05, 4.69) is 27.0 Å². The van der Waals surface area contributed by atoms with Crippen LogP contribution in [0.2, 0.25) is 0 Å². The highest BCUT2D eigenvalue weighted by Crippen LogP contribution is 2.30. The number of aliphatic hydroxyl groups excluding tert-OH is 2. The summed E-state index contributed by atoms with van der Waals surface area (Å²) in [7, 11) is 0. The lowest BCUT2D eigenvalue weighted by Gasteiger charge is -2.38. The van der Waals surface area contributed by atoms with Crippen LogP contribution in [0.3, 0.4) is 0 Å². The van der Waals surface area contributed by atoms with Gasteiger partial charge in [0, 0.05) is 38.7 Å². The maximum atomic E-state index is 12.6. The molecule has 0 aromatic rings. The molecule has 1 aliphatic rings. The standard InChI is InChI=1S/C40H78N6O18/c1-3-8-52-10-5-46(7-12-54-13-14-55-15-16-56-17-18-57-19-20-58-21-22-59-23-24-60-25-26-61-27-28-63-43)6-11-53-9-4-44-36(49)31-62-38(34(48)30-47)37-32(2)33(45-40(41)42)29-35(64-37)39(50)51/h29,32-34,37-38,47-48H,3-28,30-31,43H2,1-2H3,(H,44,49)(H,50,51)(H4,41,42,45)/t32-,33+,34-,37-,38-/m1/s1. The minimum atomic E-state index is -1.50. The van der Waals surface area contributed by atoms with Crippen molar-refractivity contribution in [3.05, 3.63) is 11.8 Å². The third-order valence-electron chi connectivity index (χ3n) is 8.97. The number of hydrogen-bond acceptors (Lipinski definition) is 20. The van der Waals surface area contributed by atoms with Crippen LogP contribution in [0.1, 0.15) is 20.3 Å². The number of aliphatic hydroxyl groups is 2. The first-order valence-electron chi connectivity index (χ1n) is 21.8. The van der Waals surface area contributed by atoms with Crippen molar-refractivity contribution in [2.45, 2.75) is 44.6 Å². The van der Waals surface area contributed by atoms with Crippen LogP contribution in [-0.2, 0) is 71.3 Å². The molecule has 0 spiro atoms. The molecule has 376 valence electrons. The highest BCUT2D eigenvalue weighted by Gasteiger charge is 2.42. The smallest absolute Gasteiger partial charge is 0.370 e. The molecule has 1 rings (SSSR count). The Morgan fingerprint density at radius 1 is 0.719 bits per heavy atom. The number of hydrogen-bond donors (Lipinski definition) is 7. The molecule has 0 radical (unpaired) electrons. The van der Waals surface area contributed by atoms with E-state index in [0.29, 0.717) is 152 Å². The predicted octanol–water partition coefficient (Wildman–Crippen LogP) is -2.75. The van der Waals surface area contributed by atoms with Crippen LogP contribution in [0.4, 0.5) is 0 Å². The first-order chi connectivity index (χ1) is 31.1. The second-order valence-electron chi connectivity index (χ2n) is 14.0. The van der Waals surface area contributed by atoms with E-state index in [-0.39, 0.29) is 19.1 Å². The molecule has 1 aliphatic heterocycles. The lowest BCUT2D eigenvalue weighted by Crippen LogP contribution is -2.51. The van der Waals surface area contributed by atoms with Crippen molar-refractivity contribution < 1.29 is 86.6 Å². The van der Waals surface area contributed by atoms with Crippen molar-refractivity contribution in [1.29, 1.82) is 0 Å². The van der Waals surface area contributed by atoms with Gasteiger partial charge in [0.1, 0.15) is 24.9 Å². The number of nitrogens with one attached hydrogen (secondary N) is 1. The fourth-order valence-corrected chi connectivity index (χ4v) is 5.64. The van der Waals surface area contributed by atoms with Crippen LogP contribution >= 0.6 is 0 Å². The van der Waals surface area contributed by atoms with Crippen LogP contribution in [0.15, 0.2) is 16.8 Å². The van der Waals surface area contributed by atoms with E-state index in [1.807, 2.05) is 0 Å². The molecular weight excluding hydrogens is 852 g/mol. The van der Waals surface area contributed by atoms with Crippen LogP contribution in [0.5, 0.6) is 0 Å². The first-order valence-corrected chi connectivity index (χ1v) is 21.8. The van der Waals surface area contributed by atoms with Crippen molar-refractivity contribution in [3.8, 4) is 0 Å². The first kappa shape index (κ1) is 59.1. The van der Waals surface area contributed by atoms with Gasteiger partial charge in [-0.1, -0.05) is 13.8 Å². The molecule has 0 saturated heterocycles. The number of ether oxygens (including phenoxy) is 12. The SMILES string of the molecule is CCCOCCN(CCOCCNC(=O)CO[C@@H]([C@@H]1OC(C(=O)O)=C[C@H](N=C(N)N)[C@H]1C)[C@H](O)CO)CCOCCOCCOCCOCCOCCOCCOCCOCCON. The maximum absolute atomic E-state index is 12.6. The van der Waals surface area contributed by atoms with Gasteiger partial charge in [-0.3, -0.25) is 9.69 Å². The number of guanidine groups is 1. The predicted molar refractivity (Wildman–Crippen MR) is 230 cm³/mol. The largest absolute Gasteiger partial charge is 0.480 e. The van der Waals surface area contributed by atoms with Crippen LogP contribution in [-0.4, -0.2) is 241 Å². The zero-order chi connectivity index (χ0) is 46.9. The second kappa shape index (κ2) is 41.5. The minimum Gasteiger partial charge on any atom is -0.480 e. The number of amides is 1. The monoisotopic (exact) mass is 931 g/mol. The molecule has 24 nitrogen and oxygen atoms in total. The molecule has 1 heterocycles. The summed E-state index contributed by atoms with van der Waals surface area (Å²) in [6.45, 7) is 14.3. The van der Waals surface area contributed by atoms with E-state index < -0.39 is 61.1 Å². The summed E-state index contributed by atoms with van der Waals surface area (Å²) < 4.78 is 66.6. The molecular formula is C40H78N6O18. The molecule has 0 aromatic carbocycles. The maximum Gasteiger partial charge on any atom is 0.370 e. The van der Waals surface area contributed by atoms with Gasteiger partial charge in [-0.15, -0.1) is 0 Å². The average molecular weight is 931 g/mol. The Bertz CT molecular complexity index is 1190. The van der Waals surface area contributed by atoms with Gasteiger partial charge in [0.05, 0.1) is 145 Å². The summed E-state index contributed by atoms with van der Waals surface area (Å²) in [5.74, 6) is 1.69. The molecule has 0 unspecified atom stereocenters. The Hall–Kier alpha value is -2.89. The molecule has 64 heavy (non-hydrogen) atoms.